The number of benzene rings is 3. The van der Waals surface area contributed by atoms with E-state index in [4.69, 9.17) is 15.6 Å². The second-order valence-electron chi connectivity index (χ2n) is 7.76. The number of ether oxygens (including phenoxy) is 1. The molecule has 32 heavy (non-hydrogen) atoms. The van der Waals surface area contributed by atoms with Gasteiger partial charge in [0.15, 0.2) is 0 Å². The first kappa shape index (κ1) is 23.6. The van der Waals surface area contributed by atoms with Gasteiger partial charge in [-0.05, 0) is 42.7 Å². The number of nitrogens with two attached hydrogens (primary N) is 2. The highest BCUT2D eigenvalue weighted by molar-refractivity contribution is 7.89. The minimum absolute atomic E-state index is 0.0763. The van der Waals surface area contributed by atoms with E-state index in [0.717, 1.165) is 11.1 Å². The summed E-state index contributed by atoms with van der Waals surface area (Å²) >= 11 is 0. The molecule has 3 rings (SSSR count). The van der Waals surface area contributed by atoms with Crippen molar-refractivity contribution < 1.29 is 23.4 Å². The Labute approximate surface area is 188 Å². The summed E-state index contributed by atoms with van der Waals surface area (Å²) in [5, 5.41) is 25.5. The molecule has 0 bridgehead atoms. The van der Waals surface area contributed by atoms with Gasteiger partial charge in [0.1, 0.15) is 16.7 Å². The second-order valence-corrected chi connectivity index (χ2v) is 9.45. The number of methoxy groups -OCH3 is 1. The van der Waals surface area contributed by atoms with Crippen molar-refractivity contribution in [2.75, 3.05) is 12.8 Å². The van der Waals surface area contributed by atoms with E-state index < -0.39 is 27.3 Å². The molecule has 0 aliphatic carbocycles. The zero-order valence-electron chi connectivity index (χ0n) is 18.0. The van der Waals surface area contributed by atoms with Crippen molar-refractivity contribution in [2.45, 2.75) is 30.6 Å². The summed E-state index contributed by atoms with van der Waals surface area (Å²) in [6, 6.07) is 19.4. The van der Waals surface area contributed by atoms with E-state index in [1.54, 1.807) is 19.2 Å². The first-order chi connectivity index (χ1) is 15.1. The topological polar surface area (TPSA) is 136 Å². The summed E-state index contributed by atoms with van der Waals surface area (Å²) in [7, 11) is -2.61. The number of hydrogen-bond acceptors (Lipinski definition) is 6. The Kier molecular flexibility index (Phi) is 7.08. The van der Waals surface area contributed by atoms with Crippen LogP contribution in [0.15, 0.2) is 66.7 Å². The van der Waals surface area contributed by atoms with Crippen LogP contribution in [0.5, 0.6) is 11.5 Å². The third-order valence-electron chi connectivity index (χ3n) is 5.57. The Bertz CT molecular complexity index is 1160. The number of anilines is 1. The van der Waals surface area contributed by atoms with Gasteiger partial charge in [-0.2, -0.15) is 0 Å². The maximum atomic E-state index is 12.9. The monoisotopic (exact) mass is 456 g/mol. The van der Waals surface area contributed by atoms with Crippen LogP contribution in [0, 0.1) is 0 Å². The molecule has 3 aromatic carbocycles. The number of aliphatic hydroxyl groups is 1. The molecule has 3 aromatic rings. The average Bonchev–Trinajstić information content (AvgIpc) is 2.75. The van der Waals surface area contributed by atoms with Crippen molar-refractivity contribution >= 4 is 15.7 Å². The molecule has 0 aliphatic heterocycles. The van der Waals surface area contributed by atoms with Gasteiger partial charge in [0.25, 0.3) is 0 Å². The molecule has 0 radical (unpaired) electrons. The zero-order valence-corrected chi connectivity index (χ0v) is 18.8. The molecular formula is C24H28N2O5S. The van der Waals surface area contributed by atoms with E-state index in [2.05, 4.69) is 0 Å². The molecule has 3 unspecified atom stereocenters. The Morgan fingerprint density at radius 2 is 1.62 bits per heavy atom. The molecule has 0 saturated carbocycles. The molecule has 7 nitrogen and oxygen atoms in total. The highest BCUT2D eigenvalue weighted by Crippen LogP contribution is 2.45. The van der Waals surface area contributed by atoms with E-state index in [0.29, 0.717) is 12.2 Å². The summed E-state index contributed by atoms with van der Waals surface area (Å²) in [6.45, 7) is 1.45. The van der Waals surface area contributed by atoms with E-state index in [-0.39, 0.29) is 22.6 Å². The third kappa shape index (κ3) is 5.04. The molecule has 0 spiro atoms. The van der Waals surface area contributed by atoms with Crippen molar-refractivity contribution in [2.24, 2.45) is 5.14 Å². The fourth-order valence-corrected chi connectivity index (χ4v) is 5.30. The first-order valence-electron chi connectivity index (χ1n) is 10.1. The smallest absolute Gasteiger partial charge is 0.216 e. The molecule has 0 aromatic heterocycles. The Morgan fingerprint density at radius 1 is 1.00 bits per heavy atom. The van der Waals surface area contributed by atoms with Crippen molar-refractivity contribution in [1.82, 2.24) is 0 Å². The highest BCUT2D eigenvalue weighted by atomic mass is 32.2. The fourth-order valence-electron chi connectivity index (χ4n) is 4.05. The number of phenols is 1. The zero-order chi connectivity index (χ0) is 23.5. The van der Waals surface area contributed by atoms with Gasteiger partial charge >= 0.3 is 0 Å². The maximum Gasteiger partial charge on any atom is 0.216 e. The molecular weight excluding hydrogens is 428 g/mol. The first-order valence-corrected chi connectivity index (χ1v) is 11.7. The van der Waals surface area contributed by atoms with E-state index >= 15 is 0 Å². The highest BCUT2D eigenvalue weighted by Gasteiger charge is 2.37. The van der Waals surface area contributed by atoms with Gasteiger partial charge < -0.3 is 20.7 Å². The van der Waals surface area contributed by atoms with Crippen LogP contribution in [-0.2, 0) is 16.4 Å². The number of primary sulfonamides is 1. The summed E-state index contributed by atoms with van der Waals surface area (Å²) in [5.74, 6) is -0.295. The van der Waals surface area contributed by atoms with Crippen molar-refractivity contribution in [3.63, 3.8) is 0 Å². The van der Waals surface area contributed by atoms with Crippen LogP contribution in [-0.4, -0.2) is 25.7 Å². The van der Waals surface area contributed by atoms with Gasteiger partial charge in [-0.25, -0.2) is 13.6 Å². The molecule has 3 atom stereocenters. The standard InChI is InChI=1S/C24H28N2O5S/c1-15(27)22-21(25)13-12-19(23(22)28)24(32(26,29)30)20(17-6-4-3-5-7-17)14-16-8-10-18(31-2)11-9-16/h3-13,15,20,24,27-28H,14,25H2,1-2H3,(H2,26,29,30). The predicted molar refractivity (Wildman–Crippen MR) is 125 cm³/mol. The Balaban J connectivity index is 2.19. The number of aromatic hydroxyl groups is 1. The summed E-state index contributed by atoms with van der Waals surface area (Å²) < 4.78 is 31.0. The minimum atomic E-state index is -4.18. The maximum absolute atomic E-state index is 12.9. The van der Waals surface area contributed by atoms with Gasteiger partial charge in [-0.1, -0.05) is 48.5 Å². The SMILES string of the molecule is COc1ccc(CC(c2ccccc2)C(c2ccc(N)c(C(C)O)c2O)S(N)(=O)=O)cc1. The second kappa shape index (κ2) is 9.60. The van der Waals surface area contributed by atoms with Crippen molar-refractivity contribution in [1.29, 1.82) is 0 Å². The van der Waals surface area contributed by atoms with Crippen LogP contribution in [0.4, 0.5) is 5.69 Å². The third-order valence-corrected chi connectivity index (χ3v) is 6.86. The van der Waals surface area contributed by atoms with Gasteiger partial charge in [-0.3, -0.25) is 0 Å². The summed E-state index contributed by atoms with van der Waals surface area (Å²) in [6.07, 6.45) is -0.754. The number of nitrogen functional groups attached to an aromatic ring is 1. The van der Waals surface area contributed by atoms with Crippen LogP contribution in [0.25, 0.3) is 0 Å². The largest absolute Gasteiger partial charge is 0.507 e. The molecule has 0 amide bonds. The van der Waals surface area contributed by atoms with Gasteiger partial charge in [0, 0.05) is 22.7 Å². The predicted octanol–water partition coefficient (Wildman–Crippen LogP) is 3.39. The van der Waals surface area contributed by atoms with Gasteiger partial charge in [-0.15, -0.1) is 0 Å². The number of hydrogen-bond donors (Lipinski definition) is 4. The summed E-state index contributed by atoms with van der Waals surface area (Å²) in [4.78, 5) is 0. The van der Waals surface area contributed by atoms with Crippen molar-refractivity contribution in [3.8, 4) is 11.5 Å². The number of phenolic OH excluding ortho intramolecular Hbond substituents is 1. The molecule has 0 fully saturated rings. The lowest BCUT2D eigenvalue weighted by atomic mass is 9.85. The van der Waals surface area contributed by atoms with Crippen LogP contribution < -0.4 is 15.6 Å². The van der Waals surface area contributed by atoms with Crippen LogP contribution in [0.3, 0.4) is 0 Å². The lowest BCUT2D eigenvalue weighted by molar-refractivity contribution is 0.195. The Hall–Kier alpha value is -3.07. The van der Waals surface area contributed by atoms with Crippen LogP contribution in [0.1, 0.15) is 46.4 Å². The molecule has 170 valence electrons. The fraction of sp³-hybridized carbons (Fsp3) is 0.250. The van der Waals surface area contributed by atoms with E-state index in [1.807, 2.05) is 42.5 Å². The molecule has 8 heteroatoms. The van der Waals surface area contributed by atoms with E-state index in [9.17, 15) is 18.6 Å². The van der Waals surface area contributed by atoms with Crippen LogP contribution in [0.2, 0.25) is 0 Å². The van der Waals surface area contributed by atoms with Crippen molar-refractivity contribution in [3.05, 3.63) is 89.0 Å². The molecule has 0 saturated heterocycles. The van der Waals surface area contributed by atoms with E-state index in [1.165, 1.54) is 19.1 Å². The Morgan fingerprint density at radius 3 is 2.16 bits per heavy atom. The number of rotatable bonds is 8. The van der Waals surface area contributed by atoms with Gasteiger partial charge in [0.2, 0.25) is 10.0 Å². The molecule has 6 N–H and O–H groups in total. The minimum Gasteiger partial charge on any atom is -0.507 e. The number of sulfonamides is 1. The molecule has 0 heterocycles. The van der Waals surface area contributed by atoms with Gasteiger partial charge in [0.05, 0.1) is 13.2 Å². The lowest BCUT2D eigenvalue weighted by Gasteiger charge is -2.28. The van der Waals surface area contributed by atoms with Crippen LogP contribution >= 0.6 is 0 Å². The quantitative estimate of drug-likeness (QED) is 0.384. The average molecular weight is 457 g/mol. The lowest BCUT2D eigenvalue weighted by Crippen LogP contribution is -2.28. The summed E-state index contributed by atoms with van der Waals surface area (Å²) in [5.41, 5.74) is 7.89. The normalized spacial score (nSPS) is 14.5. The number of aliphatic hydroxyl groups excluding tert-OH is 1. The molecule has 0 aliphatic rings.